The van der Waals surface area contributed by atoms with Crippen LogP contribution in [-0.4, -0.2) is 12.1 Å². The van der Waals surface area contributed by atoms with E-state index in [0.29, 0.717) is 6.04 Å². The zero-order valence-corrected chi connectivity index (χ0v) is 9.47. The molecular formula is C12H25N. The Morgan fingerprint density at radius 3 is 2.69 bits per heavy atom. The van der Waals surface area contributed by atoms with Crippen molar-refractivity contribution in [3.8, 4) is 0 Å². The van der Waals surface area contributed by atoms with Crippen molar-refractivity contribution in [2.45, 2.75) is 71.4 Å². The number of nitrogens with one attached hydrogen (secondary N) is 1. The Labute approximate surface area is 83.3 Å². The summed E-state index contributed by atoms with van der Waals surface area (Å²) in [6.45, 7) is 6.96. The average Bonchev–Trinajstić information content (AvgIpc) is 2.31. The molecule has 0 aromatic carbocycles. The van der Waals surface area contributed by atoms with Crippen LogP contribution >= 0.6 is 0 Å². The molecule has 1 heteroatoms. The lowest BCUT2D eigenvalue weighted by atomic mass is 10.0. The monoisotopic (exact) mass is 183 g/mol. The molecule has 0 aromatic heterocycles. The van der Waals surface area contributed by atoms with Crippen molar-refractivity contribution < 1.29 is 0 Å². The van der Waals surface area contributed by atoms with Gasteiger partial charge >= 0.3 is 0 Å². The maximum Gasteiger partial charge on any atom is 0.00696 e. The van der Waals surface area contributed by atoms with Crippen LogP contribution in [0.4, 0.5) is 0 Å². The van der Waals surface area contributed by atoms with Gasteiger partial charge in [0.1, 0.15) is 0 Å². The quantitative estimate of drug-likeness (QED) is 0.662. The molecule has 1 rings (SSSR count). The SMILES string of the molecule is CCC(C)NC1CCCC(C)CC1. The van der Waals surface area contributed by atoms with E-state index in [1.807, 2.05) is 0 Å². The fourth-order valence-corrected chi connectivity index (χ4v) is 2.17. The third kappa shape index (κ3) is 4.12. The highest BCUT2D eigenvalue weighted by molar-refractivity contribution is 4.75. The summed E-state index contributed by atoms with van der Waals surface area (Å²) >= 11 is 0. The summed E-state index contributed by atoms with van der Waals surface area (Å²) < 4.78 is 0. The van der Waals surface area contributed by atoms with Gasteiger partial charge in [-0.1, -0.05) is 26.7 Å². The Morgan fingerprint density at radius 2 is 2.00 bits per heavy atom. The molecule has 0 bridgehead atoms. The van der Waals surface area contributed by atoms with E-state index in [-0.39, 0.29) is 0 Å². The predicted octanol–water partition coefficient (Wildman–Crippen LogP) is 3.34. The van der Waals surface area contributed by atoms with Gasteiger partial charge in [-0.3, -0.25) is 0 Å². The zero-order chi connectivity index (χ0) is 9.68. The topological polar surface area (TPSA) is 12.0 Å². The fourth-order valence-electron chi connectivity index (χ4n) is 2.17. The van der Waals surface area contributed by atoms with Crippen LogP contribution in [-0.2, 0) is 0 Å². The maximum atomic E-state index is 3.73. The van der Waals surface area contributed by atoms with Gasteiger partial charge in [-0.05, 0) is 38.5 Å². The van der Waals surface area contributed by atoms with Crippen LogP contribution in [0.25, 0.3) is 0 Å². The molecule has 0 aromatic rings. The highest BCUT2D eigenvalue weighted by atomic mass is 14.9. The van der Waals surface area contributed by atoms with Crippen molar-refractivity contribution in [3.05, 3.63) is 0 Å². The Morgan fingerprint density at radius 1 is 1.23 bits per heavy atom. The normalized spacial score (nSPS) is 32.5. The van der Waals surface area contributed by atoms with Gasteiger partial charge in [0.25, 0.3) is 0 Å². The van der Waals surface area contributed by atoms with Gasteiger partial charge in [-0.2, -0.15) is 0 Å². The molecule has 13 heavy (non-hydrogen) atoms. The van der Waals surface area contributed by atoms with Gasteiger partial charge in [0.05, 0.1) is 0 Å². The van der Waals surface area contributed by atoms with Crippen LogP contribution in [0.2, 0.25) is 0 Å². The van der Waals surface area contributed by atoms with E-state index in [1.54, 1.807) is 0 Å². The summed E-state index contributed by atoms with van der Waals surface area (Å²) in [6.07, 6.45) is 8.34. The van der Waals surface area contributed by atoms with E-state index < -0.39 is 0 Å². The van der Waals surface area contributed by atoms with Gasteiger partial charge in [0.2, 0.25) is 0 Å². The number of hydrogen-bond acceptors (Lipinski definition) is 1. The molecule has 78 valence electrons. The molecule has 0 spiro atoms. The Bertz CT molecular complexity index is 133. The summed E-state index contributed by atoms with van der Waals surface area (Å²) in [7, 11) is 0. The molecule has 1 aliphatic carbocycles. The van der Waals surface area contributed by atoms with Crippen LogP contribution in [0.3, 0.4) is 0 Å². The van der Waals surface area contributed by atoms with Crippen molar-refractivity contribution in [1.29, 1.82) is 0 Å². The highest BCUT2D eigenvalue weighted by Gasteiger charge is 2.16. The van der Waals surface area contributed by atoms with Gasteiger partial charge in [0.15, 0.2) is 0 Å². The molecule has 1 N–H and O–H groups in total. The number of hydrogen-bond donors (Lipinski definition) is 1. The molecule has 0 amide bonds. The molecule has 0 aliphatic heterocycles. The first-order valence-corrected chi connectivity index (χ1v) is 5.98. The molecule has 0 heterocycles. The molecule has 3 unspecified atom stereocenters. The van der Waals surface area contributed by atoms with Gasteiger partial charge in [-0.25, -0.2) is 0 Å². The molecule has 1 fully saturated rings. The van der Waals surface area contributed by atoms with E-state index >= 15 is 0 Å². The first kappa shape index (κ1) is 11.0. The smallest absolute Gasteiger partial charge is 0.00696 e. The molecule has 3 atom stereocenters. The van der Waals surface area contributed by atoms with Crippen LogP contribution < -0.4 is 5.32 Å². The van der Waals surface area contributed by atoms with E-state index in [2.05, 4.69) is 26.1 Å². The van der Waals surface area contributed by atoms with Crippen LogP contribution in [0.5, 0.6) is 0 Å². The largest absolute Gasteiger partial charge is 0.312 e. The van der Waals surface area contributed by atoms with Crippen molar-refractivity contribution >= 4 is 0 Å². The fraction of sp³-hybridized carbons (Fsp3) is 1.00. The van der Waals surface area contributed by atoms with Crippen molar-refractivity contribution in [2.24, 2.45) is 5.92 Å². The van der Waals surface area contributed by atoms with E-state index in [1.165, 1.54) is 38.5 Å². The summed E-state index contributed by atoms with van der Waals surface area (Å²) in [5.74, 6) is 0.962. The minimum absolute atomic E-state index is 0.707. The predicted molar refractivity (Wildman–Crippen MR) is 58.9 cm³/mol. The lowest BCUT2D eigenvalue weighted by molar-refractivity contribution is 0.396. The zero-order valence-electron chi connectivity index (χ0n) is 9.47. The Balaban J connectivity index is 2.25. The van der Waals surface area contributed by atoms with E-state index in [9.17, 15) is 0 Å². The Kier molecular flexibility index (Phi) is 4.79. The lowest BCUT2D eigenvalue weighted by Gasteiger charge is -2.20. The second-order valence-electron chi connectivity index (χ2n) is 4.79. The first-order valence-electron chi connectivity index (χ1n) is 5.98. The summed E-state index contributed by atoms with van der Waals surface area (Å²) in [4.78, 5) is 0. The molecule has 0 radical (unpaired) electrons. The first-order chi connectivity index (χ1) is 6.22. The Hall–Kier alpha value is -0.0400. The van der Waals surface area contributed by atoms with Crippen LogP contribution in [0, 0.1) is 5.92 Å². The van der Waals surface area contributed by atoms with Crippen molar-refractivity contribution in [2.75, 3.05) is 0 Å². The molecule has 1 nitrogen and oxygen atoms in total. The molecular weight excluding hydrogens is 158 g/mol. The summed E-state index contributed by atoms with van der Waals surface area (Å²) in [5.41, 5.74) is 0. The third-order valence-corrected chi connectivity index (χ3v) is 3.39. The molecule has 1 saturated carbocycles. The van der Waals surface area contributed by atoms with Gasteiger partial charge < -0.3 is 5.32 Å². The number of rotatable bonds is 3. The van der Waals surface area contributed by atoms with Crippen LogP contribution in [0.15, 0.2) is 0 Å². The second-order valence-corrected chi connectivity index (χ2v) is 4.79. The van der Waals surface area contributed by atoms with Crippen molar-refractivity contribution in [3.63, 3.8) is 0 Å². The van der Waals surface area contributed by atoms with E-state index in [4.69, 9.17) is 0 Å². The van der Waals surface area contributed by atoms with E-state index in [0.717, 1.165) is 12.0 Å². The maximum absolute atomic E-state index is 3.73. The summed E-state index contributed by atoms with van der Waals surface area (Å²) in [6, 6.07) is 1.51. The average molecular weight is 183 g/mol. The molecule has 0 saturated heterocycles. The standard InChI is InChI=1S/C12H25N/c1-4-11(3)13-12-7-5-6-10(2)8-9-12/h10-13H,4-9H2,1-3H3. The van der Waals surface area contributed by atoms with Crippen molar-refractivity contribution in [1.82, 2.24) is 5.32 Å². The van der Waals surface area contributed by atoms with Gasteiger partial charge in [-0.15, -0.1) is 0 Å². The lowest BCUT2D eigenvalue weighted by Crippen LogP contribution is -2.35. The second kappa shape index (κ2) is 5.64. The third-order valence-electron chi connectivity index (χ3n) is 3.39. The minimum Gasteiger partial charge on any atom is -0.312 e. The van der Waals surface area contributed by atoms with Gasteiger partial charge in [0, 0.05) is 12.1 Å². The minimum atomic E-state index is 0.707. The highest BCUT2D eigenvalue weighted by Crippen LogP contribution is 2.22. The van der Waals surface area contributed by atoms with Crippen LogP contribution in [0.1, 0.15) is 59.3 Å². The molecule has 1 aliphatic rings. The summed E-state index contributed by atoms with van der Waals surface area (Å²) in [5, 5.41) is 3.73.